The molecule has 0 heterocycles. The van der Waals surface area contributed by atoms with Crippen molar-refractivity contribution in [1.82, 2.24) is 0 Å². The van der Waals surface area contributed by atoms with Crippen molar-refractivity contribution in [3.05, 3.63) is 71.3 Å². The molecular formula is C26H33F2O7P. The summed E-state index contributed by atoms with van der Waals surface area (Å²) in [5.41, 5.74) is -6.29. The van der Waals surface area contributed by atoms with E-state index in [1.165, 1.54) is 41.5 Å². The van der Waals surface area contributed by atoms with Gasteiger partial charge in [-0.3, -0.25) is 23.2 Å². The fourth-order valence-electron chi connectivity index (χ4n) is 3.19. The standard InChI is InChI=1S/C26H33F2O7P/c1-24(2,3)34-36(31,35-25(4,5)6)26(27,28)20-15-13-19(14-16-20)21(22(29)32-7)23(30)33-17-18-11-9-8-10-12-18/h8-16,21H,17H2,1-7H3. The molecule has 10 heteroatoms. The zero-order valence-electron chi connectivity index (χ0n) is 21.5. The van der Waals surface area contributed by atoms with E-state index in [9.17, 15) is 14.2 Å². The lowest BCUT2D eigenvalue weighted by molar-refractivity contribution is -0.156. The number of alkyl halides is 2. The third-order valence-electron chi connectivity index (χ3n) is 4.62. The van der Waals surface area contributed by atoms with Crippen molar-refractivity contribution in [3.63, 3.8) is 0 Å². The second-order valence-electron chi connectivity index (χ2n) is 10.1. The molecule has 0 saturated carbocycles. The maximum atomic E-state index is 15.6. The van der Waals surface area contributed by atoms with Gasteiger partial charge in [0, 0.05) is 5.56 Å². The molecule has 36 heavy (non-hydrogen) atoms. The summed E-state index contributed by atoms with van der Waals surface area (Å²) in [6.07, 6.45) is 0. The van der Waals surface area contributed by atoms with Crippen LogP contribution in [0, 0.1) is 0 Å². The van der Waals surface area contributed by atoms with Crippen molar-refractivity contribution in [1.29, 1.82) is 0 Å². The normalized spacial score (nSPS) is 13.7. The van der Waals surface area contributed by atoms with Crippen molar-refractivity contribution in [2.24, 2.45) is 0 Å². The first-order valence-corrected chi connectivity index (χ1v) is 12.8. The lowest BCUT2D eigenvalue weighted by Crippen LogP contribution is -2.30. The van der Waals surface area contributed by atoms with Crippen molar-refractivity contribution < 1.29 is 41.5 Å². The van der Waals surface area contributed by atoms with Crippen LogP contribution < -0.4 is 0 Å². The van der Waals surface area contributed by atoms with Crippen LogP contribution in [0.3, 0.4) is 0 Å². The number of rotatable bonds is 9. The number of halogens is 2. The molecule has 0 radical (unpaired) electrons. The predicted octanol–water partition coefficient (Wildman–Crippen LogP) is 6.56. The van der Waals surface area contributed by atoms with Crippen LogP contribution in [0.5, 0.6) is 0 Å². The van der Waals surface area contributed by atoms with Crippen molar-refractivity contribution in [2.75, 3.05) is 7.11 Å². The summed E-state index contributed by atoms with van der Waals surface area (Å²) in [5, 5.41) is 0. The van der Waals surface area contributed by atoms with Crippen LogP contribution in [0.4, 0.5) is 8.78 Å². The Morgan fingerprint density at radius 2 is 1.33 bits per heavy atom. The van der Waals surface area contributed by atoms with E-state index < -0.39 is 47.9 Å². The molecular weight excluding hydrogens is 493 g/mol. The van der Waals surface area contributed by atoms with Crippen LogP contribution in [0.1, 0.15) is 64.2 Å². The Hall–Kier alpha value is -2.61. The van der Waals surface area contributed by atoms with Gasteiger partial charge in [0.1, 0.15) is 6.61 Å². The number of carbonyl (C=O) groups excluding carboxylic acids is 2. The van der Waals surface area contributed by atoms with Crippen molar-refractivity contribution >= 4 is 19.5 Å². The van der Waals surface area contributed by atoms with Gasteiger partial charge in [-0.1, -0.05) is 54.6 Å². The van der Waals surface area contributed by atoms with Gasteiger partial charge in [0.05, 0.1) is 18.3 Å². The minimum Gasteiger partial charge on any atom is -0.468 e. The Labute approximate surface area is 210 Å². The zero-order chi connectivity index (χ0) is 27.4. The van der Waals surface area contributed by atoms with Crippen LogP contribution in [0.2, 0.25) is 0 Å². The molecule has 0 spiro atoms. The first-order valence-electron chi connectivity index (χ1n) is 11.3. The van der Waals surface area contributed by atoms with Crippen molar-refractivity contribution in [2.45, 2.75) is 70.9 Å². The van der Waals surface area contributed by atoms with Gasteiger partial charge in [0.15, 0.2) is 5.92 Å². The largest absolute Gasteiger partial charge is 0.468 e. The number of benzene rings is 2. The van der Waals surface area contributed by atoms with E-state index in [-0.39, 0.29) is 12.2 Å². The number of ether oxygens (including phenoxy) is 2. The highest BCUT2D eigenvalue weighted by molar-refractivity contribution is 7.54. The molecule has 0 aliphatic rings. The maximum Gasteiger partial charge on any atom is 0.405 e. The molecule has 2 aromatic carbocycles. The third kappa shape index (κ3) is 7.69. The van der Waals surface area contributed by atoms with E-state index in [0.29, 0.717) is 5.56 Å². The quantitative estimate of drug-likeness (QED) is 0.208. The SMILES string of the molecule is COC(=O)C(C(=O)OCc1ccccc1)c1ccc(C(F)(F)P(=O)(OC(C)(C)C)OC(C)(C)C)cc1. The average Bonchev–Trinajstić information content (AvgIpc) is 2.76. The van der Waals surface area contributed by atoms with E-state index in [2.05, 4.69) is 0 Å². The summed E-state index contributed by atoms with van der Waals surface area (Å²) in [6.45, 7) is 8.87. The summed E-state index contributed by atoms with van der Waals surface area (Å²) < 4.78 is 65.2. The third-order valence-corrected chi connectivity index (χ3v) is 7.14. The Bertz CT molecular complexity index is 1070. The maximum absolute atomic E-state index is 15.6. The Balaban J connectivity index is 2.37. The van der Waals surface area contributed by atoms with Gasteiger partial charge in [-0.2, -0.15) is 8.78 Å². The summed E-state index contributed by atoms with van der Waals surface area (Å²) in [6, 6.07) is 13.1. The molecule has 0 N–H and O–H groups in total. The van der Waals surface area contributed by atoms with E-state index in [4.69, 9.17) is 18.5 Å². The molecule has 198 valence electrons. The second kappa shape index (κ2) is 11.2. The van der Waals surface area contributed by atoms with Crippen LogP contribution in [-0.2, 0) is 44.9 Å². The van der Waals surface area contributed by atoms with E-state index in [1.807, 2.05) is 0 Å². The lowest BCUT2D eigenvalue weighted by Gasteiger charge is -2.36. The molecule has 0 bridgehead atoms. The molecule has 1 unspecified atom stereocenters. The molecule has 0 aliphatic carbocycles. The average molecular weight is 527 g/mol. The molecule has 0 aromatic heterocycles. The summed E-state index contributed by atoms with van der Waals surface area (Å²) >= 11 is 0. The van der Waals surface area contributed by atoms with Gasteiger partial charge in [-0.25, -0.2) is 0 Å². The number of hydrogen-bond acceptors (Lipinski definition) is 7. The first kappa shape index (κ1) is 29.6. The van der Waals surface area contributed by atoms with E-state index in [1.54, 1.807) is 30.3 Å². The van der Waals surface area contributed by atoms with Crippen LogP contribution in [-0.4, -0.2) is 30.3 Å². The van der Waals surface area contributed by atoms with Crippen LogP contribution in [0.15, 0.2) is 54.6 Å². The fourth-order valence-corrected chi connectivity index (χ4v) is 5.36. The number of carbonyl (C=O) groups is 2. The van der Waals surface area contributed by atoms with Crippen molar-refractivity contribution in [3.8, 4) is 0 Å². The van der Waals surface area contributed by atoms with Gasteiger partial charge in [0.2, 0.25) is 0 Å². The van der Waals surface area contributed by atoms with Crippen LogP contribution in [0.25, 0.3) is 0 Å². The zero-order valence-corrected chi connectivity index (χ0v) is 22.4. The summed E-state index contributed by atoms with van der Waals surface area (Å²) in [5.74, 6) is -3.31. The van der Waals surface area contributed by atoms with Gasteiger partial charge in [0.25, 0.3) is 0 Å². The fraction of sp³-hybridized carbons (Fsp3) is 0.462. The Morgan fingerprint density at radius 1 is 0.833 bits per heavy atom. The minimum absolute atomic E-state index is 0.0720. The Morgan fingerprint density at radius 3 is 1.78 bits per heavy atom. The minimum atomic E-state index is -5.03. The van der Waals surface area contributed by atoms with Gasteiger partial charge >= 0.3 is 25.2 Å². The number of hydrogen-bond donors (Lipinski definition) is 0. The van der Waals surface area contributed by atoms with Gasteiger partial charge in [-0.15, -0.1) is 0 Å². The number of methoxy groups -OCH3 is 1. The van der Waals surface area contributed by atoms with E-state index in [0.717, 1.165) is 31.4 Å². The molecule has 0 amide bonds. The molecule has 0 fully saturated rings. The highest BCUT2D eigenvalue weighted by Crippen LogP contribution is 2.69. The van der Waals surface area contributed by atoms with Crippen LogP contribution >= 0.6 is 7.60 Å². The molecule has 2 rings (SSSR count). The molecule has 0 saturated heterocycles. The highest BCUT2D eigenvalue weighted by atomic mass is 31.2. The number of esters is 2. The molecule has 2 aromatic rings. The van der Waals surface area contributed by atoms with E-state index >= 15 is 8.78 Å². The summed E-state index contributed by atoms with van der Waals surface area (Å²) in [7, 11) is -3.93. The smallest absolute Gasteiger partial charge is 0.405 e. The topological polar surface area (TPSA) is 88.1 Å². The Kier molecular flexibility index (Phi) is 9.21. The summed E-state index contributed by atoms with van der Waals surface area (Å²) in [4.78, 5) is 25.1. The van der Waals surface area contributed by atoms with Gasteiger partial charge in [-0.05, 0) is 52.7 Å². The molecule has 0 aliphatic heterocycles. The predicted molar refractivity (Wildman–Crippen MR) is 131 cm³/mol. The molecule has 7 nitrogen and oxygen atoms in total. The molecule has 1 atom stereocenters. The lowest BCUT2D eigenvalue weighted by atomic mass is 9.98. The second-order valence-corrected chi connectivity index (χ2v) is 12.0. The highest BCUT2D eigenvalue weighted by Gasteiger charge is 2.58. The van der Waals surface area contributed by atoms with Gasteiger partial charge < -0.3 is 9.47 Å². The monoisotopic (exact) mass is 526 g/mol. The first-order chi connectivity index (χ1) is 16.5.